The number of aromatic nitrogens is 1. The number of aryl methyl sites for hydroxylation is 1. The Labute approximate surface area is 120 Å². The number of carbonyl (C=O) groups is 1. The van der Waals surface area contributed by atoms with Gasteiger partial charge >= 0.3 is 5.97 Å². The normalized spacial score (nSPS) is 10.7. The topological polar surface area (TPSA) is 65.2 Å². The molecule has 0 bridgehead atoms. The molecule has 0 saturated heterocycles. The number of rotatable bonds is 3. The highest BCUT2D eigenvalue weighted by Crippen LogP contribution is 2.29. The fourth-order valence-electron chi connectivity index (χ4n) is 2.00. The molecule has 0 atom stereocenters. The molecule has 0 fully saturated rings. The lowest BCUT2D eigenvalue weighted by Crippen LogP contribution is -2.09. The number of nitrogen functional groups attached to an aromatic ring is 1. The third-order valence-corrected chi connectivity index (χ3v) is 3.39. The van der Waals surface area contributed by atoms with Gasteiger partial charge in [-0.3, -0.25) is 4.98 Å². The van der Waals surface area contributed by atoms with Gasteiger partial charge in [0.15, 0.2) is 0 Å². The van der Waals surface area contributed by atoms with Crippen molar-refractivity contribution in [2.75, 3.05) is 12.3 Å². The molecule has 0 aliphatic heterocycles. The Kier molecular flexibility index (Phi) is 4.04. The first-order valence-corrected chi connectivity index (χ1v) is 6.91. The van der Waals surface area contributed by atoms with Crippen LogP contribution in [0, 0.1) is 0 Å². The zero-order valence-corrected chi connectivity index (χ0v) is 12.5. The number of pyridine rings is 1. The van der Waals surface area contributed by atoms with Gasteiger partial charge in [-0.25, -0.2) is 4.79 Å². The van der Waals surface area contributed by atoms with Crippen LogP contribution in [0.5, 0.6) is 0 Å². The van der Waals surface area contributed by atoms with Crippen molar-refractivity contribution in [3.8, 4) is 0 Å². The van der Waals surface area contributed by atoms with E-state index in [4.69, 9.17) is 10.5 Å². The van der Waals surface area contributed by atoms with Gasteiger partial charge in [-0.1, -0.05) is 22.9 Å². The van der Waals surface area contributed by atoms with Crippen molar-refractivity contribution in [1.29, 1.82) is 0 Å². The van der Waals surface area contributed by atoms with Gasteiger partial charge in [0.05, 0.1) is 17.8 Å². The molecule has 100 valence electrons. The van der Waals surface area contributed by atoms with E-state index in [2.05, 4.69) is 27.8 Å². The summed E-state index contributed by atoms with van der Waals surface area (Å²) in [5.41, 5.74) is 8.73. The standard InChI is InChI=1S/C14H15BrN2O2/c1-3-8-5-9(15)6-10-12(16)11(7-17-13(8)10)14(18)19-4-2/h5-7H,3-4H2,1-2H3,(H2,16,17). The lowest BCUT2D eigenvalue weighted by atomic mass is 10.0. The second-order valence-corrected chi connectivity index (χ2v) is 5.04. The number of benzene rings is 1. The third-order valence-electron chi connectivity index (χ3n) is 2.93. The summed E-state index contributed by atoms with van der Waals surface area (Å²) < 4.78 is 5.90. The van der Waals surface area contributed by atoms with Crippen LogP contribution in [0.3, 0.4) is 0 Å². The molecule has 0 aliphatic carbocycles. The highest BCUT2D eigenvalue weighted by molar-refractivity contribution is 9.10. The first kappa shape index (κ1) is 13.8. The first-order valence-electron chi connectivity index (χ1n) is 6.12. The number of carbonyl (C=O) groups excluding carboxylic acids is 1. The molecule has 0 saturated carbocycles. The van der Waals surface area contributed by atoms with Crippen LogP contribution in [0.15, 0.2) is 22.8 Å². The van der Waals surface area contributed by atoms with Crippen molar-refractivity contribution in [3.05, 3.63) is 33.9 Å². The maximum atomic E-state index is 11.8. The fraction of sp³-hybridized carbons (Fsp3) is 0.286. The van der Waals surface area contributed by atoms with Crippen LogP contribution >= 0.6 is 15.9 Å². The van der Waals surface area contributed by atoms with E-state index in [1.165, 1.54) is 6.20 Å². The van der Waals surface area contributed by atoms with E-state index in [1.807, 2.05) is 12.1 Å². The molecule has 4 nitrogen and oxygen atoms in total. The SMILES string of the molecule is CCOC(=O)c1cnc2c(CC)cc(Br)cc2c1N. The molecule has 19 heavy (non-hydrogen) atoms. The molecule has 0 unspecified atom stereocenters. The smallest absolute Gasteiger partial charge is 0.341 e. The maximum absolute atomic E-state index is 11.8. The van der Waals surface area contributed by atoms with Crippen molar-refractivity contribution in [2.24, 2.45) is 0 Å². The van der Waals surface area contributed by atoms with E-state index >= 15 is 0 Å². The van der Waals surface area contributed by atoms with Crippen molar-refractivity contribution in [1.82, 2.24) is 4.98 Å². The molecule has 2 aromatic rings. The maximum Gasteiger partial charge on any atom is 0.341 e. The molecule has 5 heteroatoms. The van der Waals surface area contributed by atoms with E-state index in [9.17, 15) is 4.79 Å². The summed E-state index contributed by atoms with van der Waals surface area (Å²) in [6.45, 7) is 4.13. The number of hydrogen-bond acceptors (Lipinski definition) is 4. The number of ether oxygens (including phenoxy) is 1. The summed E-state index contributed by atoms with van der Waals surface area (Å²) >= 11 is 3.45. The molecule has 2 N–H and O–H groups in total. The Morgan fingerprint density at radius 1 is 1.42 bits per heavy atom. The Morgan fingerprint density at radius 3 is 2.79 bits per heavy atom. The van der Waals surface area contributed by atoms with Crippen LogP contribution < -0.4 is 5.73 Å². The monoisotopic (exact) mass is 322 g/mol. The number of halogens is 1. The Balaban J connectivity index is 2.68. The molecule has 1 aromatic carbocycles. The number of esters is 1. The lowest BCUT2D eigenvalue weighted by molar-refractivity contribution is 0.0527. The quantitative estimate of drug-likeness (QED) is 0.880. The van der Waals surface area contributed by atoms with Crippen LogP contribution in [-0.2, 0) is 11.2 Å². The zero-order chi connectivity index (χ0) is 14.0. The van der Waals surface area contributed by atoms with Crippen LogP contribution in [0.2, 0.25) is 0 Å². The van der Waals surface area contributed by atoms with Gasteiger partial charge in [0.2, 0.25) is 0 Å². The minimum Gasteiger partial charge on any atom is -0.462 e. The minimum atomic E-state index is -0.438. The number of hydrogen-bond donors (Lipinski definition) is 1. The first-order chi connectivity index (χ1) is 9.08. The summed E-state index contributed by atoms with van der Waals surface area (Å²) in [6.07, 6.45) is 2.34. The summed E-state index contributed by atoms with van der Waals surface area (Å²) in [5.74, 6) is -0.438. The lowest BCUT2D eigenvalue weighted by Gasteiger charge is -2.10. The second-order valence-electron chi connectivity index (χ2n) is 4.12. The Bertz CT molecular complexity index is 641. The number of fused-ring (bicyclic) bond motifs is 1. The Hall–Kier alpha value is -1.62. The predicted octanol–water partition coefficient (Wildman–Crippen LogP) is 3.32. The van der Waals surface area contributed by atoms with Gasteiger partial charge in [-0.2, -0.15) is 0 Å². The van der Waals surface area contributed by atoms with Crippen LogP contribution in [0.1, 0.15) is 29.8 Å². The molecule has 0 aliphatic rings. The Morgan fingerprint density at radius 2 is 2.16 bits per heavy atom. The van der Waals surface area contributed by atoms with Gasteiger partial charge in [0, 0.05) is 16.1 Å². The number of nitrogens with zero attached hydrogens (tertiary/aromatic N) is 1. The molecule has 0 radical (unpaired) electrons. The number of anilines is 1. The van der Waals surface area contributed by atoms with Crippen LogP contribution in [0.25, 0.3) is 10.9 Å². The molecule has 1 aromatic heterocycles. The molecular weight excluding hydrogens is 308 g/mol. The van der Waals surface area contributed by atoms with Crippen LogP contribution in [-0.4, -0.2) is 17.6 Å². The van der Waals surface area contributed by atoms with Crippen molar-refractivity contribution in [3.63, 3.8) is 0 Å². The molecular formula is C14H15BrN2O2. The van der Waals surface area contributed by atoms with E-state index in [1.54, 1.807) is 6.92 Å². The van der Waals surface area contributed by atoms with Crippen molar-refractivity contribution in [2.45, 2.75) is 20.3 Å². The second kappa shape index (κ2) is 5.57. The highest BCUT2D eigenvalue weighted by atomic mass is 79.9. The average molecular weight is 323 g/mol. The average Bonchev–Trinajstić information content (AvgIpc) is 2.39. The van der Waals surface area contributed by atoms with Gasteiger partial charge in [-0.05, 0) is 31.0 Å². The third kappa shape index (κ3) is 2.56. The van der Waals surface area contributed by atoms with E-state index in [0.29, 0.717) is 17.9 Å². The molecule has 0 amide bonds. The summed E-state index contributed by atoms with van der Waals surface area (Å²) in [4.78, 5) is 16.2. The van der Waals surface area contributed by atoms with Gasteiger partial charge in [0.1, 0.15) is 5.56 Å². The summed E-state index contributed by atoms with van der Waals surface area (Å²) in [6, 6.07) is 3.89. The largest absolute Gasteiger partial charge is 0.462 e. The van der Waals surface area contributed by atoms with Gasteiger partial charge in [0.25, 0.3) is 0 Å². The fourth-order valence-corrected chi connectivity index (χ4v) is 2.50. The highest BCUT2D eigenvalue weighted by Gasteiger charge is 2.15. The summed E-state index contributed by atoms with van der Waals surface area (Å²) in [7, 11) is 0. The summed E-state index contributed by atoms with van der Waals surface area (Å²) in [5, 5.41) is 0.775. The van der Waals surface area contributed by atoms with E-state index < -0.39 is 5.97 Å². The molecule has 2 rings (SSSR count). The van der Waals surface area contributed by atoms with Gasteiger partial charge < -0.3 is 10.5 Å². The predicted molar refractivity (Wildman–Crippen MR) is 79.2 cm³/mol. The zero-order valence-electron chi connectivity index (χ0n) is 10.9. The van der Waals surface area contributed by atoms with Crippen molar-refractivity contribution < 1.29 is 9.53 Å². The molecule has 1 heterocycles. The van der Waals surface area contributed by atoms with Crippen LogP contribution in [0.4, 0.5) is 5.69 Å². The van der Waals surface area contributed by atoms with E-state index in [0.717, 1.165) is 27.4 Å². The molecule has 0 spiro atoms. The van der Waals surface area contributed by atoms with E-state index in [-0.39, 0.29) is 0 Å². The van der Waals surface area contributed by atoms with Crippen molar-refractivity contribution >= 4 is 38.5 Å². The van der Waals surface area contributed by atoms with Gasteiger partial charge in [-0.15, -0.1) is 0 Å². The number of nitrogens with two attached hydrogens (primary N) is 1. The minimum absolute atomic E-state index is 0.314.